The third-order valence-electron chi connectivity index (χ3n) is 3.37. The molecule has 0 aromatic heterocycles. The quantitative estimate of drug-likeness (QED) is 0.358. The Morgan fingerprint density at radius 2 is 1.79 bits per heavy atom. The van der Waals surface area contributed by atoms with Crippen molar-refractivity contribution >= 4 is 33.4 Å². The lowest BCUT2D eigenvalue weighted by Gasteiger charge is -2.13. The van der Waals surface area contributed by atoms with Gasteiger partial charge < -0.3 is 9.47 Å². The minimum Gasteiger partial charge on any atom is -0.493 e. The van der Waals surface area contributed by atoms with E-state index >= 15 is 0 Å². The van der Waals surface area contributed by atoms with Crippen molar-refractivity contribution in [1.29, 1.82) is 10.5 Å². The van der Waals surface area contributed by atoms with E-state index in [1.165, 1.54) is 25.3 Å². The lowest BCUT2D eigenvalue weighted by molar-refractivity contribution is -0.394. The molecule has 2 aromatic rings. The van der Waals surface area contributed by atoms with E-state index < -0.39 is 21.2 Å². The van der Waals surface area contributed by atoms with Crippen LogP contribution < -0.4 is 9.47 Å². The van der Waals surface area contributed by atoms with E-state index in [0.29, 0.717) is 10.0 Å². The van der Waals surface area contributed by atoms with Gasteiger partial charge in [0.25, 0.3) is 5.69 Å². The van der Waals surface area contributed by atoms with E-state index in [0.717, 1.165) is 18.2 Å². The molecule has 0 aliphatic heterocycles. The van der Waals surface area contributed by atoms with Gasteiger partial charge in [-0.3, -0.25) is 20.2 Å². The maximum atomic E-state index is 11.3. The van der Waals surface area contributed by atoms with Crippen molar-refractivity contribution in [2.75, 3.05) is 7.11 Å². The van der Waals surface area contributed by atoms with Gasteiger partial charge >= 0.3 is 5.69 Å². The maximum absolute atomic E-state index is 11.3. The molecule has 2 rings (SSSR count). The summed E-state index contributed by atoms with van der Waals surface area (Å²) in [6, 6.07) is 9.42. The number of nitriles is 2. The van der Waals surface area contributed by atoms with Gasteiger partial charge in [-0.2, -0.15) is 10.5 Å². The Balaban J connectivity index is 2.54. The molecule has 10 nitrogen and oxygen atoms in total. The molecule has 0 N–H and O–H groups in total. The molecule has 0 aliphatic carbocycles. The van der Waals surface area contributed by atoms with Gasteiger partial charge in [-0.25, -0.2) is 0 Å². The molecule has 0 saturated carbocycles. The number of rotatable bonds is 6. The minimum atomic E-state index is -0.800. The summed E-state index contributed by atoms with van der Waals surface area (Å²) < 4.78 is 11.1. The average Bonchev–Trinajstić information content (AvgIpc) is 2.67. The molecule has 2 aromatic carbocycles. The number of allylic oxidation sites excluding steroid dienone is 1. The summed E-state index contributed by atoms with van der Waals surface area (Å²) in [5.41, 5.74) is -0.726. The highest BCUT2D eigenvalue weighted by Gasteiger charge is 2.23. The van der Waals surface area contributed by atoms with E-state index in [-0.39, 0.29) is 22.8 Å². The number of benzene rings is 2. The van der Waals surface area contributed by atoms with Crippen molar-refractivity contribution in [1.82, 2.24) is 0 Å². The zero-order chi connectivity index (χ0) is 20.8. The van der Waals surface area contributed by atoms with E-state index in [2.05, 4.69) is 15.9 Å². The molecule has 0 unspecified atom stereocenters. The number of hydrogen-bond donors (Lipinski definition) is 0. The topological polar surface area (TPSA) is 152 Å². The third kappa shape index (κ3) is 4.41. The molecule has 0 radical (unpaired) electrons. The monoisotopic (exact) mass is 444 g/mol. The van der Waals surface area contributed by atoms with Gasteiger partial charge in [-0.15, -0.1) is 0 Å². The Hall–Kier alpha value is -3.96. The molecule has 0 spiro atoms. The van der Waals surface area contributed by atoms with Crippen LogP contribution in [0.1, 0.15) is 5.56 Å². The van der Waals surface area contributed by atoms with Crippen molar-refractivity contribution in [3.8, 4) is 29.4 Å². The lowest BCUT2D eigenvalue weighted by Crippen LogP contribution is -1.98. The molecule has 140 valence electrons. The Kier molecular flexibility index (Phi) is 6.26. The fraction of sp³-hybridized carbons (Fsp3) is 0.0588. The molecule has 0 fully saturated rings. The largest absolute Gasteiger partial charge is 0.493 e. The standard InChI is InChI=1S/C17H9BrN4O6/c1-27-16-6-10(4-11(8-19)9-20)5-13(18)17(16)28-15-3-2-12(21(23)24)7-14(15)22(25)26/h2-7H,1H3. The van der Waals surface area contributed by atoms with Crippen LogP contribution in [-0.2, 0) is 0 Å². The van der Waals surface area contributed by atoms with Gasteiger partial charge in [0.05, 0.1) is 27.5 Å². The number of methoxy groups -OCH3 is 1. The van der Waals surface area contributed by atoms with Crippen molar-refractivity contribution in [3.63, 3.8) is 0 Å². The van der Waals surface area contributed by atoms with Crippen LogP contribution in [0.4, 0.5) is 11.4 Å². The number of nitro benzene ring substituents is 2. The second kappa shape index (κ2) is 8.62. The van der Waals surface area contributed by atoms with Crippen molar-refractivity contribution in [2.24, 2.45) is 0 Å². The molecular formula is C17H9BrN4O6. The van der Waals surface area contributed by atoms with Crippen LogP contribution in [-0.4, -0.2) is 17.0 Å². The SMILES string of the molecule is COc1cc(C=C(C#N)C#N)cc(Br)c1Oc1ccc([N+](=O)[O-])cc1[N+](=O)[O-]. The first-order valence-electron chi connectivity index (χ1n) is 7.30. The van der Waals surface area contributed by atoms with E-state index in [4.69, 9.17) is 20.0 Å². The number of nitro groups is 2. The van der Waals surface area contributed by atoms with Gasteiger partial charge in [0.2, 0.25) is 5.75 Å². The van der Waals surface area contributed by atoms with E-state index in [1.54, 1.807) is 12.1 Å². The molecule has 0 bridgehead atoms. The fourth-order valence-corrected chi connectivity index (χ4v) is 2.68. The number of hydrogen-bond acceptors (Lipinski definition) is 8. The third-order valence-corrected chi connectivity index (χ3v) is 3.95. The van der Waals surface area contributed by atoms with Gasteiger partial charge in [0.15, 0.2) is 11.5 Å². The Morgan fingerprint density at radius 1 is 1.11 bits per heavy atom. The zero-order valence-corrected chi connectivity index (χ0v) is 15.7. The van der Waals surface area contributed by atoms with Gasteiger partial charge in [0.1, 0.15) is 17.7 Å². The second-order valence-electron chi connectivity index (χ2n) is 5.08. The summed E-state index contributed by atoms with van der Waals surface area (Å²) in [5.74, 6) is 0.00297. The number of ether oxygens (including phenoxy) is 2. The summed E-state index contributed by atoms with van der Waals surface area (Å²) in [5, 5.41) is 39.8. The normalized spacial score (nSPS) is 9.57. The van der Waals surface area contributed by atoms with Gasteiger partial charge in [0, 0.05) is 6.07 Å². The first-order chi connectivity index (χ1) is 13.3. The Morgan fingerprint density at radius 3 is 2.32 bits per heavy atom. The first kappa shape index (κ1) is 20.4. The molecule has 0 saturated heterocycles. The fourth-order valence-electron chi connectivity index (χ4n) is 2.14. The lowest BCUT2D eigenvalue weighted by atomic mass is 10.1. The summed E-state index contributed by atoms with van der Waals surface area (Å²) in [7, 11) is 1.34. The predicted molar refractivity (Wildman–Crippen MR) is 99.7 cm³/mol. The molecule has 0 amide bonds. The van der Waals surface area contributed by atoms with Crippen LogP contribution in [0.25, 0.3) is 6.08 Å². The van der Waals surface area contributed by atoms with Crippen LogP contribution in [0.5, 0.6) is 17.2 Å². The summed E-state index contributed by atoms with van der Waals surface area (Å²) in [6.45, 7) is 0. The molecule has 0 atom stereocenters. The predicted octanol–water partition coefficient (Wildman–Crippen LogP) is 4.50. The van der Waals surface area contributed by atoms with Gasteiger partial charge in [-0.1, -0.05) is 0 Å². The highest BCUT2D eigenvalue weighted by molar-refractivity contribution is 9.10. The van der Waals surface area contributed by atoms with Gasteiger partial charge in [-0.05, 0) is 45.8 Å². The van der Waals surface area contributed by atoms with Crippen molar-refractivity contribution in [3.05, 3.63) is 66.2 Å². The smallest absolute Gasteiger partial charge is 0.318 e. The molecule has 11 heteroatoms. The highest BCUT2D eigenvalue weighted by atomic mass is 79.9. The Bertz CT molecular complexity index is 1070. The minimum absolute atomic E-state index is 0.0760. The second-order valence-corrected chi connectivity index (χ2v) is 5.94. The molecule has 28 heavy (non-hydrogen) atoms. The first-order valence-corrected chi connectivity index (χ1v) is 8.10. The molecular weight excluding hydrogens is 436 g/mol. The summed E-state index contributed by atoms with van der Waals surface area (Å²) in [6.07, 6.45) is 1.32. The highest BCUT2D eigenvalue weighted by Crippen LogP contribution is 2.43. The van der Waals surface area contributed by atoms with Crippen LogP contribution >= 0.6 is 15.9 Å². The zero-order valence-electron chi connectivity index (χ0n) is 14.1. The Labute approximate surface area is 166 Å². The number of nitrogens with zero attached hydrogens (tertiary/aromatic N) is 4. The average molecular weight is 445 g/mol. The van der Waals surface area contributed by atoms with E-state index in [1.807, 2.05) is 0 Å². The van der Waals surface area contributed by atoms with Crippen molar-refractivity contribution < 1.29 is 19.3 Å². The summed E-state index contributed by atoms with van der Waals surface area (Å²) in [4.78, 5) is 20.5. The molecule has 0 aliphatic rings. The summed E-state index contributed by atoms with van der Waals surface area (Å²) >= 11 is 3.25. The van der Waals surface area contributed by atoms with Crippen LogP contribution in [0.2, 0.25) is 0 Å². The number of non-ortho nitro benzene ring substituents is 1. The van der Waals surface area contributed by atoms with Crippen LogP contribution in [0.15, 0.2) is 40.4 Å². The number of halogens is 1. The molecule has 0 heterocycles. The van der Waals surface area contributed by atoms with Crippen molar-refractivity contribution in [2.45, 2.75) is 0 Å². The van der Waals surface area contributed by atoms with Crippen LogP contribution in [0.3, 0.4) is 0 Å². The van der Waals surface area contributed by atoms with Crippen LogP contribution in [0, 0.1) is 42.9 Å². The van der Waals surface area contributed by atoms with E-state index in [9.17, 15) is 20.2 Å². The maximum Gasteiger partial charge on any atom is 0.318 e.